The zero-order chi connectivity index (χ0) is 10.0. The van der Waals surface area contributed by atoms with Crippen LogP contribution in [-0.4, -0.2) is 18.3 Å². The van der Waals surface area contributed by atoms with Crippen molar-refractivity contribution in [1.29, 1.82) is 0 Å². The fourth-order valence-electron chi connectivity index (χ4n) is 0.758. The molecule has 0 amide bonds. The van der Waals surface area contributed by atoms with Crippen LogP contribution in [0.3, 0.4) is 0 Å². The smallest absolute Gasteiger partial charge is 0.338 e. The fraction of sp³-hybridized carbons (Fsp3) is 0.143. The van der Waals surface area contributed by atoms with Crippen LogP contribution in [0.2, 0.25) is 10.3 Å². The van der Waals surface area contributed by atoms with E-state index in [2.05, 4.69) is 4.74 Å². The molecule has 1 aromatic heterocycles. The Bertz CT molecular complexity index is 331. The molecule has 0 radical (unpaired) electrons. The zero-order valence-corrected chi connectivity index (χ0v) is 8.13. The molecule has 70 valence electrons. The summed E-state index contributed by atoms with van der Waals surface area (Å²) in [7, 11) is 1.24. The molecule has 0 saturated carbocycles. The Kier molecular flexibility index (Phi) is 2.95. The molecular formula is C7H6Cl2NO3+. The Morgan fingerprint density at radius 2 is 1.92 bits per heavy atom. The lowest BCUT2D eigenvalue weighted by Gasteiger charge is -1.97. The average molecular weight is 223 g/mol. The van der Waals surface area contributed by atoms with E-state index < -0.39 is 5.97 Å². The molecule has 0 aliphatic heterocycles. The molecule has 1 heterocycles. The van der Waals surface area contributed by atoms with Crippen molar-refractivity contribution in [3.8, 4) is 0 Å². The van der Waals surface area contributed by atoms with E-state index in [4.69, 9.17) is 28.4 Å². The molecule has 0 atom stereocenters. The lowest BCUT2D eigenvalue weighted by molar-refractivity contribution is -0.901. The summed E-state index contributed by atoms with van der Waals surface area (Å²) in [5, 5.41) is 8.96. The Morgan fingerprint density at radius 3 is 2.31 bits per heavy atom. The minimum atomic E-state index is -0.565. The summed E-state index contributed by atoms with van der Waals surface area (Å²) in [6.45, 7) is 0. The van der Waals surface area contributed by atoms with Gasteiger partial charge in [-0.25, -0.2) is 4.79 Å². The summed E-state index contributed by atoms with van der Waals surface area (Å²) in [5.74, 6) is -0.565. The van der Waals surface area contributed by atoms with Crippen molar-refractivity contribution < 1.29 is 19.5 Å². The third-order valence-electron chi connectivity index (χ3n) is 1.37. The molecule has 0 saturated heterocycles. The van der Waals surface area contributed by atoms with E-state index >= 15 is 0 Å². The maximum Gasteiger partial charge on any atom is 0.338 e. The van der Waals surface area contributed by atoms with Crippen LogP contribution in [0.1, 0.15) is 10.4 Å². The number of methoxy groups -OCH3 is 1. The first-order valence-corrected chi connectivity index (χ1v) is 4.00. The summed E-state index contributed by atoms with van der Waals surface area (Å²) in [4.78, 5) is 11.0. The SMILES string of the molecule is COC(=O)c1cc(Cl)[n+](O)c(Cl)c1. The lowest BCUT2D eigenvalue weighted by Crippen LogP contribution is -2.33. The summed E-state index contributed by atoms with van der Waals surface area (Å²) in [6, 6.07) is 2.50. The predicted octanol–water partition coefficient (Wildman–Crippen LogP) is 1.30. The number of hydrogen-bond acceptors (Lipinski definition) is 3. The molecule has 1 aromatic rings. The highest BCUT2D eigenvalue weighted by Crippen LogP contribution is 2.12. The van der Waals surface area contributed by atoms with Gasteiger partial charge in [0.15, 0.2) is 0 Å². The molecule has 13 heavy (non-hydrogen) atoms. The maximum atomic E-state index is 11.0. The highest BCUT2D eigenvalue weighted by molar-refractivity contribution is 6.31. The number of halogens is 2. The van der Waals surface area contributed by atoms with Crippen LogP contribution >= 0.6 is 23.2 Å². The first-order chi connectivity index (χ1) is 6.06. The van der Waals surface area contributed by atoms with Gasteiger partial charge in [0, 0.05) is 16.9 Å². The van der Waals surface area contributed by atoms with Gasteiger partial charge in [-0.2, -0.15) is 0 Å². The summed E-state index contributed by atoms with van der Waals surface area (Å²) < 4.78 is 4.99. The minimum absolute atomic E-state index is 0.0621. The van der Waals surface area contributed by atoms with Gasteiger partial charge in [-0.05, 0) is 23.2 Å². The van der Waals surface area contributed by atoms with Gasteiger partial charge in [0.1, 0.15) is 0 Å². The molecule has 6 heteroatoms. The van der Waals surface area contributed by atoms with Gasteiger partial charge in [-0.1, -0.05) is 0 Å². The minimum Gasteiger partial charge on any atom is -0.465 e. The monoisotopic (exact) mass is 222 g/mol. The van der Waals surface area contributed by atoms with E-state index in [9.17, 15) is 4.79 Å². The number of hydrogen-bond donors (Lipinski definition) is 1. The van der Waals surface area contributed by atoms with Crippen molar-refractivity contribution in [3.05, 3.63) is 28.0 Å². The van der Waals surface area contributed by atoms with Gasteiger partial charge in [0.2, 0.25) is 0 Å². The number of rotatable bonds is 1. The number of ether oxygens (including phenoxy) is 1. The number of pyridine rings is 1. The predicted molar refractivity (Wildman–Crippen MR) is 45.2 cm³/mol. The van der Waals surface area contributed by atoms with E-state index in [-0.39, 0.29) is 15.9 Å². The molecule has 0 aliphatic carbocycles. The third-order valence-corrected chi connectivity index (χ3v) is 1.91. The topological polar surface area (TPSA) is 50.4 Å². The van der Waals surface area contributed by atoms with Gasteiger partial charge in [0.25, 0.3) is 0 Å². The third kappa shape index (κ3) is 2.02. The van der Waals surface area contributed by atoms with E-state index in [1.54, 1.807) is 0 Å². The quantitative estimate of drug-likeness (QED) is 0.338. The van der Waals surface area contributed by atoms with E-state index in [0.717, 1.165) is 0 Å². The van der Waals surface area contributed by atoms with Crippen LogP contribution in [-0.2, 0) is 4.74 Å². The summed E-state index contributed by atoms with van der Waals surface area (Å²) in [6.07, 6.45) is 0. The number of nitrogens with zero attached hydrogens (tertiary/aromatic N) is 1. The van der Waals surface area contributed by atoms with Gasteiger partial charge in [0.05, 0.1) is 12.7 Å². The molecule has 0 unspecified atom stereocenters. The highest BCUT2D eigenvalue weighted by Gasteiger charge is 2.19. The second-order valence-electron chi connectivity index (χ2n) is 2.19. The Morgan fingerprint density at radius 1 is 1.46 bits per heavy atom. The molecule has 0 aromatic carbocycles. The first kappa shape index (κ1) is 10.1. The van der Waals surface area contributed by atoms with E-state index in [1.807, 2.05) is 0 Å². The van der Waals surface area contributed by atoms with Crippen LogP contribution in [0.15, 0.2) is 12.1 Å². The van der Waals surface area contributed by atoms with Crippen molar-refractivity contribution >= 4 is 29.2 Å². The van der Waals surface area contributed by atoms with Gasteiger partial charge < -0.3 is 4.74 Å². The molecule has 1 N–H and O–H groups in total. The van der Waals surface area contributed by atoms with Crippen LogP contribution in [0.5, 0.6) is 0 Å². The van der Waals surface area contributed by atoms with Crippen molar-refractivity contribution in [2.45, 2.75) is 0 Å². The standard InChI is InChI=1S/C7H6Cl2NO3/c1-13-7(11)4-2-5(8)10(12)6(9)3-4/h2-3,12H,1H3/q+1. The molecule has 0 spiro atoms. The van der Waals surface area contributed by atoms with E-state index in [0.29, 0.717) is 4.73 Å². The molecule has 1 rings (SSSR count). The number of carbonyl (C=O) groups is 1. The van der Waals surface area contributed by atoms with Crippen molar-refractivity contribution in [2.24, 2.45) is 0 Å². The van der Waals surface area contributed by atoms with Crippen LogP contribution in [0.25, 0.3) is 0 Å². The van der Waals surface area contributed by atoms with Gasteiger partial charge >= 0.3 is 16.3 Å². The molecule has 4 nitrogen and oxygen atoms in total. The van der Waals surface area contributed by atoms with Crippen molar-refractivity contribution in [2.75, 3.05) is 7.11 Å². The first-order valence-electron chi connectivity index (χ1n) is 3.25. The van der Waals surface area contributed by atoms with Crippen molar-refractivity contribution in [3.63, 3.8) is 0 Å². The maximum absolute atomic E-state index is 11.0. The summed E-state index contributed by atoms with van der Waals surface area (Å²) >= 11 is 11.1. The van der Waals surface area contributed by atoms with Crippen LogP contribution < -0.4 is 4.73 Å². The largest absolute Gasteiger partial charge is 0.465 e. The van der Waals surface area contributed by atoms with Crippen molar-refractivity contribution in [1.82, 2.24) is 0 Å². The normalized spacial score (nSPS) is 9.77. The summed E-state index contributed by atoms with van der Waals surface area (Å²) in [5.41, 5.74) is 0.183. The molecule has 0 fully saturated rings. The number of esters is 1. The second kappa shape index (κ2) is 3.81. The number of carbonyl (C=O) groups excluding carboxylic acids is 1. The fourth-order valence-corrected chi connectivity index (χ4v) is 1.22. The molecule has 0 bridgehead atoms. The Labute approximate surface area is 84.2 Å². The lowest BCUT2D eigenvalue weighted by atomic mass is 10.3. The number of aromatic nitrogens is 1. The van der Waals surface area contributed by atoms with Crippen LogP contribution in [0, 0.1) is 0 Å². The van der Waals surface area contributed by atoms with Gasteiger partial charge in [-0.15, -0.1) is 0 Å². The van der Waals surface area contributed by atoms with E-state index in [1.165, 1.54) is 19.2 Å². The Balaban J connectivity index is 3.20. The molecule has 0 aliphatic rings. The van der Waals surface area contributed by atoms with Gasteiger partial charge in [-0.3, -0.25) is 5.21 Å². The molecular weight excluding hydrogens is 217 g/mol. The zero-order valence-electron chi connectivity index (χ0n) is 6.62. The Hall–Kier alpha value is -1.00. The second-order valence-corrected chi connectivity index (χ2v) is 2.97. The highest BCUT2D eigenvalue weighted by atomic mass is 35.5. The average Bonchev–Trinajstić information content (AvgIpc) is 2.12. The van der Waals surface area contributed by atoms with Crippen LogP contribution in [0.4, 0.5) is 0 Å².